The molecule has 0 aliphatic rings. The molecule has 0 aromatic carbocycles. The third-order valence-corrected chi connectivity index (χ3v) is 2.56. The lowest BCUT2D eigenvalue weighted by atomic mass is 10.5. The van der Waals surface area contributed by atoms with Crippen molar-refractivity contribution in [1.29, 1.82) is 0 Å². The van der Waals surface area contributed by atoms with Crippen LogP contribution < -0.4 is 5.32 Å². The summed E-state index contributed by atoms with van der Waals surface area (Å²) in [5, 5.41) is 2.62. The van der Waals surface area contributed by atoms with Crippen molar-refractivity contribution in [1.82, 2.24) is 5.32 Å². The molecule has 88 valence electrons. The van der Waals surface area contributed by atoms with E-state index in [0.717, 1.165) is 24.5 Å². The summed E-state index contributed by atoms with van der Waals surface area (Å²) < 4.78 is 9.65. The lowest BCUT2D eigenvalue weighted by molar-refractivity contribution is 0.171. The molecule has 0 bridgehead atoms. The lowest BCUT2D eigenvalue weighted by Gasteiger charge is -2.03. The molecule has 0 saturated carbocycles. The second-order valence-electron chi connectivity index (χ2n) is 2.75. The van der Waals surface area contributed by atoms with Gasteiger partial charge in [0.1, 0.15) is 0 Å². The third-order valence-electron chi connectivity index (χ3n) is 1.53. The number of rotatable bonds is 9. The summed E-state index contributed by atoms with van der Waals surface area (Å²) in [6.07, 6.45) is 2.32. The standard InChI is InChI=1S/C10H19NO3S/c1-3-6-14-7-9-15-8-4-5-11-10(12)13-2/h3H,1,4-9H2,2H3,(H,11,12). The van der Waals surface area contributed by atoms with Gasteiger partial charge in [-0.2, -0.15) is 11.8 Å². The van der Waals surface area contributed by atoms with Crippen LogP contribution >= 0.6 is 11.8 Å². The zero-order chi connectivity index (χ0) is 11.4. The van der Waals surface area contributed by atoms with Crippen molar-refractivity contribution in [3.05, 3.63) is 12.7 Å². The molecule has 0 heterocycles. The number of alkyl carbamates (subject to hydrolysis) is 1. The summed E-state index contributed by atoms with van der Waals surface area (Å²) in [5.74, 6) is 1.99. The number of thioether (sulfide) groups is 1. The summed E-state index contributed by atoms with van der Waals surface area (Å²) >= 11 is 1.81. The molecule has 5 heteroatoms. The SMILES string of the molecule is C=CCOCCSCCCNC(=O)OC. The van der Waals surface area contributed by atoms with E-state index in [4.69, 9.17) is 4.74 Å². The van der Waals surface area contributed by atoms with Gasteiger partial charge in [-0.3, -0.25) is 0 Å². The fourth-order valence-corrected chi connectivity index (χ4v) is 1.61. The van der Waals surface area contributed by atoms with Crippen LogP contribution in [0, 0.1) is 0 Å². The van der Waals surface area contributed by atoms with Gasteiger partial charge in [0.2, 0.25) is 0 Å². The minimum Gasteiger partial charge on any atom is -0.453 e. The van der Waals surface area contributed by atoms with E-state index < -0.39 is 0 Å². The van der Waals surface area contributed by atoms with Gasteiger partial charge in [0.05, 0.1) is 20.3 Å². The molecule has 1 amide bonds. The van der Waals surface area contributed by atoms with Crippen molar-refractivity contribution >= 4 is 17.9 Å². The lowest BCUT2D eigenvalue weighted by Crippen LogP contribution is -2.24. The van der Waals surface area contributed by atoms with Crippen molar-refractivity contribution in [2.45, 2.75) is 6.42 Å². The number of carbonyl (C=O) groups is 1. The molecule has 0 aromatic heterocycles. The highest BCUT2D eigenvalue weighted by molar-refractivity contribution is 7.99. The van der Waals surface area contributed by atoms with Crippen LogP contribution in [0.2, 0.25) is 0 Å². The fraction of sp³-hybridized carbons (Fsp3) is 0.700. The normalized spacial score (nSPS) is 9.67. The van der Waals surface area contributed by atoms with Crippen LogP contribution in [0.15, 0.2) is 12.7 Å². The molecule has 0 unspecified atom stereocenters. The van der Waals surface area contributed by atoms with Crippen LogP contribution in [0.1, 0.15) is 6.42 Å². The van der Waals surface area contributed by atoms with Crippen LogP contribution in [-0.4, -0.2) is 44.5 Å². The zero-order valence-corrected chi connectivity index (χ0v) is 9.98. The largest absolute Gasteiger partial charge is 0.453 e. The zero-order valence-electron chi connectivity index (χ0n) is 9.16. The summed E-state index contributed by atoms with van der Waals surface area (Å²) in [4.78, 5) is 10.6. The maximum atomic E-state index is 10.6. The van der Waals surface area contributed by atoms with E-state index >= 15 is 0 Å². The van der Waals surface area contributed by atoms with Gasteiger partial charge >= 0.3 is 6.09 Å². The second kappa shape index (κ2) is 11.4. The number of carbonyl (C=O) groups excluding carboxylic acids is 1. The van der Waals surface area contributed by atoms with E-state index in [1.807, 2.05) is 11.8 Å². The first-order valence-electron chi connectivity index (χ1n) is 4.89. The molecule has 0 fully saturated rings. The first-order chi connectivity index (χ1) is 7.31. The number of hydrogen-bond acceptors (Lipinski definition) is 4. The van der Waals surface area contributed by atoms with E-state index in [2.05, 4.69) is 16.6 Å². The average molecular weight is 233 g/mol. The molecule has 0 rings (SSSR count). The smallest absolute Gasteiger partial charge is 0.406 e. The Hall–Kier alpha value is -0.680. The number of methoxy groups -OCH3 is 1. The molecular weight excluding hydrogens is 214 g/mol. The molecule has 15 heavy (non-hydrogen) atoms. The molecule has 4 nitrogen and oxygen atoms in total. The Morgan fingerprint density at radius 1 is 1.53 bits per heavy atom. The van der Waals surface area contributed by atoms with E-state index in [-0.39, 0.29) is 6.09 Å². The summed E-state index contributed by atoms with van der Waals surface area (Å²) in [7, 11) is 1.36. The first kappa shape index (κ1) is 14.3. The van der Waals surface area contributed by atoms with Crippen molar-refractivity contribution < 1.29 is 14.3 Å². The van der Waals surface area contributed by atoms with Gasteiger partial charge in [-0.15, -0.1) is 6.58 Å². The van der Waals surface area contributed by atoms with Crippen LogP contribution in [0.5, 0.6) is 0 Å². The second-order valence-corrected chi connectivity index (χ2v) is 3.97. The Morgan fingerprint density at radius 2 is 2.33 bits per heavy atom. The number of ether oxygens (including phenoxy) is 2. The minimum absolute atomic E-state index is 0.366. The number of nitrogens with one attached hydrogen (secondary N) is 1. The average Bonchev–Trinajstić information content (AvgIpc) is 2.26. The highest BCUT2D eigenvalue weighted by Gasteiger charge is 1.96. The molecule has 0 radical (unpaired) electrons. The van der Waals surface area contributed by atoms with Gasteiger partial charge in [0, 0.05) is 12.3 Å². The predicted molar refractivity (Wildman–Crippen MR) is 63.4 cm³/mol. The fourth-order valence-electron chi connectivity index (χ4n) is 0.823. The highest BCUT2D eigenvalue weighted by Crippen LogP contribution is 2.01. The van der Waals surface area contributed by atoms with Crippen molar-refractivity contribution in [3.63, 3.8) is 0 Å². The van der Waals surface area contributed by atoms with Gasteiger partial charge in [-0.1, -0.05) is 6.08 Å². The van der Waals surface area contributed by atoms with Crippen LogP contribution in [0.4, 0.5) is 4.79 Å². The van der Waals surface area contributed by atoms with Gasteiger partial charge in [0.25, 0.3) is 0 Å². The van der Waals surface area contributed by atoms with E-state index in [1.54, 1.807) is 6.08 Å². The Bertz CT molecular complexity index is 176. The molecule has 0 aliphatic carbocycles. The Labute approximate surface area is 95.4 Å². The highest BCUT2D eigenvalue weighted by atomic mass is 32.2. The number of amides is 1. The van der Waals surface area contributed by atoms with Crippen LogP contribution in [0.25, 0.3) is 0 Å². The van der Waals surface area contributed by atoms with Gasteiger partial charge in [0.15, 0.2) is 0 Å². The van der Waals surface area contributed by atoms with Gasteiger partial charge in [-0.25, -0.2) is 4.79 Å². The van der Waals surface area contributed by atoms with Crippen LogP contribution in [-0.2, 0) is 9.47 Å². The van der Waals surface area contributed by atoms with E-state index in [1.165, 1.54) is 7.11 Å². The van der Waals surface area contributed by atoms with Crippen molar-refractivity contribution in [2.75, 3.05) is 38.4 Å². The molecule has 0 spiro atoms. The summed E-state index contributed by atoms with van der Waals surface area (Å²) in [6, 6.07) is 0. The number of hydrogen-bond donors (Lipinski definition) is 1. The molecule has 1 N–H and O–H groups in total. The van der Waals surface area contributed by atoms with Crippen molar-refractivity contribution in [3.8, 4) is 0 Å². The Kier molecular flexibility index (Phi) is 10.9. The third kappa shape index (κ3) is 11.2. The summed E-state index contributed by atoms with van der Waals surface area (Å²) in [6.45, 7) is 5.59. The molecule has 0 aliphatic heterocycles. The van der Waals surface area contributed by atoms with E-state index in [0.29, 0.717) is 13.2 Å². The maximum Gasteiger partial charge on any atom is 0.406 e. The summed E-state index contributed by atoms with van der Waals surface area (Å²) in [5.41, 5.74) is 0. The van der Waals surface area contributed by atoms with E-state index in [9.17, 15) is 4.79 Å². The van der Waals surface area contributed by atoms with Gasteiger partial charge < -0.3 is 14.8 Å². The predicted octanol–water partition coefficient (Wildman–Crippen LogP) is 1.67. The quantitative estimate of drug-likeness (QED) is 0.486. The molecular formula is C10H19NO3S. The van der Waals surface area contributed by atoms with Crippen LogP contribution in [0.3, 0.4) is 0 Å². The van der Waals surface area contributed by atoms with Gasteiger partial charge in [-0.05, 0) is 12.2 Å². The molecule has 0 atom stereocenters. The Morgan fingerprint density at radius 3 is 3.00 bits per heavy atom. The molecule has 0 aromatic rings. The monoisotopic (exact) mass is 233 g/mol. The maximum absolute atomic E-state index is 10.6. The Balaban J connectivity index is 2.98. The topological polar surface area (TPSA) is 47.6 Å². The molecule has 0 saturated heterocycles. The minimum atomic E-state index is -0.366. The first-order valence-corrected chi connectivity index (χ1v) is 6.05. The van der Waals surface area contributed by atoms with Crippen molar-refractivity contribution in [2.24, 2.45) is 0 Å².